The van der Waals surface area contributed by atoms with E-state index >= 15 is 0 Å². The topological polar surface area (TPSA) is 70.2 Å². The molecule has 0 heterocycles. The fourth-order valence-corrected chi connectivity index (χ4v) is 3.78. The Labute approximate surface area is 144 Å². The van der Waals surface area contributed by atoms with Crippen LogP contribution in [0.5, 0.6) is 0 Å². The zero-order chi connectivity index (χ0) is 16.5. The van der Waals surface area contributed by atoms with Crippen molar-refractivity contribution in [2.45, 2.75) is 77.0 Å². The second-order valence-corrected chi connectivity index (χ2v) is 7.28. The molecule has 2 saturated carbocycles. The summed E-state index contributed by atoms with van der Waals surface area (Å²) in [6.45, 7) is 0. The third-order valence-electron chi connectivity index (χ3n) is 5.03. The minimum absolute atomic E-state index is 0.0245. The van der Waals surface area contributed by atoms with Crippen molar-refractivity contribution in [1.29, 1.82) is 0 Å². The van der Waals surface area contributed by atoms with Gasteiger partial charge in [-0.1, -0.05) is 51.4 Å². The van der Waals surface area contributed by atoms with Crippen LogP contribution in [0.1, 0.15) is 77.0 Å². The third kappa shape index (κ3) is 6.85. The normalized spacial score (nSPS) is 19.8. The summed E-state index contributed by atoms with van der Waals surface area (Å²) in [5.41, 5.74) is 5.27. The highest BCUT2D eigenvalue weighted by Gasteiger charge is 2.21. The maximum atomic E-state index is 12.0. The number of carbonyl (C=O) groups is 2. The van der Waals surface area contributed by atoms with Crippen LogP contribution in [0, 0.1) is 11.8 Å². The van der Waals surface area contributed by atoms with Crippen LogP contribution in [0.25, 0.3) is 0 Å². The van der Waals surface area contributed by atoms with Crippen LogP contribution in [0.3, 0.4) is 0 Å². The average Bonchev–Trinajstić information content (AvgIpc) is 2.59. The van der Waals surface area contributed by atoms with E-state index in [0.29, 0.717) is 12.3 Å². The molecule has 0 bridgehead atoms. The van der Waals surface area contributed by atoms with Gasteiger partial charge in [-0.05, 0) is 37.4 Å². The SMILES string of the molecule is O=C(CCC1CCCCC1)NC(=S)NNC(=O)C1CCCCC1. The summed E-state index contributed by atoms with van der Waals surface area (Å²) in [7, 11) is 0. The molecule has 0 unspecified atom stereocenters. The van der Waals surface area contributed by atoms with Gasteiger partial charge in [-0.15, -0.1) is 0 Å². The number of amides is 2. The highest BCUT2D eigenvalue weighted by atomic mass is 32.1. The molecule has 0 aromatic carbocycles. The summed E-state index contributed by atoms with van der Waals surface area (Å²) in [6, 6.07) is 0. The van der Waals surface area contributed by atoms with E-state index in [-0.39, 0.29) is 22.8 Å². The van der Waals surface area contributed by atoms with E-state index in [2.05, 4.69) is 16.2 Å². The van der Waals surface area contributed by atoms with Crippen molar-refractivity contribution in [1.82, 2.24) is 16.2 Å². The second kappa shape index (κ2) is 9.85. The lowest BCUT2D eigenvalue weighted by molar-refractivity contribution is -0.126. The summed E-state index contributed by atoms with van der Waals surface area (Å²) in [5.74, 6) is 0.659. The number of carbonyl (C=O) groups excluding carboxylic acids is 2. The van der Waals surface area contributed by atoms with Crippen LogP contribution in [-0.2, 0) is 9.59 Å². The van der Waals surface area contributed by atoms with Crippen LogP contribution in [0.2, 0.25) is 0 Å². The minimum atomic E-state index is -0.0695. The Morgan fingerprint density at radius 2 is 1.48 bits per heavy atom. The van der Waals surface area contributed by atoms with Crippen molar-refractivity contribution in [3.05, 3.63) is 0 Å². The average molecular weight is 340 g/mol. The van der Waals surface area contributed by atoms with Crippen LogP contribution < -0.4 is 16.2 Å². The Balaban J connectivity index is 1.57. The van der Waals surface area contributed by atoms with E-state index in [0.717, 1.165) is 32.1 Å². The molecule has 5 nitrogen and oxygen atoms in total. The first-order valence-corrected chi connectivity index (χ1v) is 9.45. The predicted octanol–water partition coefficient (Wildman–Crippen LogP) is 2.95. The molecular weight excluding hydrogens is 310 g/mol. The molecule has 0 radical (unpaired) electrons. The molecule has 2 fully saturated rings. The van der Waals surface area contributed by atoms with E-state index in [1.165, 1.54) is 38.5 Å². The Hall–Kier alpha value is -1.17. The van der Waals surface area contributed by atoms with Gasteiger partial charge in [0, 0.05) is 12.3 Å². The lowest BCUT2D eigenvalue weighted by Gasteiger charge is -2.22. The first kappa shape index (κ1) is 18.2. The van der Waals surface area contributed by atoms with Crippen molar-refractivity contribution in [3.63, 3.8) is 0 Å². The van der Waals surface area contributed by atoms with Gasteiger partial charge < -0.3 is 5.32 Å². The highest BCUT2D eigenvalue weighted by molar-refractivity contribution is 7.80. The predicted molar refractivity (Wildman–Crippen MR) is 94.4 cm³/mol. The van der Waals surface area contributed by atoms with Gasteiger partial charge in [0.15, 0.2) is 5.11 Å². The van der Waals surface area contributed by atoms with Crippen molar-refractivity contribution in [2.24, 2.45) is 11.8 Å². The van der Waals surface area contributed by atoms with Gasteiger partial charge in [0.25, 0.3) is 0 Å². The van der Waals surface area contributed by atoms with Crippen molar-refractivity contribution >= 4 is 29.1 Å². The number of nitrogens with one attached hydrogen (secondary N) is 3. The summed E-state index contributed by atoms with van der Waals surface area (Å²) >= 11 is 5.06. The molecule has 0 aromatic rings. The molecule has 23 heavy (non-hydrogen) atoms. The van der Waals surface area contributed by atoms with Gasteiger partial charge in [0.05, 0.1) is 0 Å². The molecule has 6 heteroatoms. The summed E-state index contributed by atoms with van der Waals surface area (Å²) in [6.07, 6.45) is 13.2. The van der Waals surface area contributed by atoms with Gasteiger partial charge >= 0.3 is 0 Å². The molecule has 0 atom stereocenters. The van der Waals surface area contributed by atoms with E-state index in [4.69, 9.17) is 12.2 Å². The Bertz CT molecular complexity index is 416. The van der Waals surface area contributed by atoms with Crippen molar-refractivity contribution < 1.29 is 9.59 Å². The number of hydrogen-bond acceptors (Lipinski definition) is 3. The van der Waals surface area contributed by atoms with Crippen molar-refractivity contribution in [2.75, 3.05) is 0 Å². The molecule has 0 saturated heterocycles. The maximum absolute atomic E-state index is 12.0. The van der Waals surface area contributed by atoms with Gasteiger partial charge in [-0.3, -0.25) is 20.4 Å². The summed E-state index contributed by atoms with van der Waals surface area (Å²) in [4.78, 5) is 23.9. The molecule has 0 aromatic heterocycles. The Morgan fingerprint density at radius 3 is 2.13 bits per heavy atom. The molecule has 2 rings (SSSR count). The van der Waals surface area contributed by atoms with Crippen LogP contribution in [0.4, 0.5) is 0 Å². The van der Waals surface area contributed by atoms with Crippen LogP contribution in [0.15, 0.2) is 0 Å². The van der Waals surface area contributed by atoms with E-state index in [1.54, 1.807) is 0 Å². The fraction of sp³-hybridized carbons (Fsp3) is 0.824. The first-order chi connectivity index (χ1) is 11.1. The van der Waals surface area contributed by atoms with Crippen molar-refractivity contribution in [3.8, 4) is 0 Å². The molecule has 130 valence electrons. The zero-order valence-electron chi connectivity index (χ0n) is 13.9. The molecule has 2 aliphatic rings. The number of thiocarbonyl (C=S) groups is 1. The van der Waals surface area contributed by atoms with E-state index in [9.17, 15) is 9.59 Å². The number of rotatable bonds is 4. The van der Waals surface area contributed by atoms with Crippen LogP contribution in [-0.4, -0.2) is 16.9 Å². The van der Waals surface area contributed by atoms with Gasteiger partial charge in [0.1, 0.15) is 0 Å². The highest BCUT2D eigenvalue weighted by Crippen LogP contribution is 2.27. The lowest BCUT2D eigenvalue weighted by Crippen LogP contribution is -2.50. The summed E-state index contributed by atoms with van der Waals surface area (Å²) < 4.78 is 0. The minimum Gasteiger partial charge on any atom is -0.302 e. The van der Waals surface area contributed by atoms with E-state index in [1.807, 2.05) is 0 Å². The molecule has 3 N–H and O–H groups in total. The largest absolute Gasteiger partial charge is 0.302 e. The lowest BCUT2D eigenvalue weighted by atomic mass is 9.86. The Morgan fingerprint density at radius 1 is 0.870 bits per heavy atom. The molecule has 0 spiro atoms. The molecule has 0 aliphatic heterocycles. The van der Waals surface area contributed by atoms with Gasteiger partial charge in [0.2, 0.25) is 11.8 Å². The maximum Gasteiger partial charge on any atom is 0.241 e. The standard InChI is InChI=1S/C17H29N3O2S/c21-15(12-11-13-7-3-1-4-8-13)18-17(23)20-19-16(22)14-9-5-2-6-10-14/h13-14H,1-12H2,(H,19,22)(H2,18,20,21,23). The fourth-order valence-electron chi connectivity index (χ4n) is 3.62. The number of hydrogen-bond donors (Lipinski definition) is 3. The smallest absolute Gasteiger partial charge is 0.241 e. The molecule has 2 amide bonds. The number of hydrazine groups is 1. The van der Waals surface area contributed by atoms with E-state index < -0.39 is 0 Å². The zero-order valence-corrected chi connectivity index (χ0v) is 14.7. The third-order valence-corrected chi connectivity index (χ3v) is 5.24. The monoisotopic (exact) mass is 339 g/mol. The van der Waals surface area contributed by atoms with Crippen LogP contribution >= 0.6 is 12.2 Å². The molecule has 2 aliphatic carbocycles. The second-order valence-electron chi connectivity index (χ2n) is 6.87. The molecular formula is C17H29N3O2S. The van der Waals surface area contributed by atoms with Gasteiger partial charge in [-0.25, -0.2) is 0 Å². The quantitative estimate of drug-likeness (QED) is 0.544. The summed E-state index contributed by atoms with van der Waals surface area (Å²) in [5, 5.41) is 2.83. The van der Waals surface area contributed by atoms with Gasteiger partial charge in [-0.2, -0.15) is 0 Å². The first-order valence-electron chi connectivity index (χ1n) is 9.05. The Kier molecular flexibility index (Phi) is 7.79.